The molecule has 0 unspecified atom stereocenters. The molecule has 0 amide bonds. The smallest absolute Gasteiger partial charge is 0.154 e. The summed E-state index contributed by atoms with van der Waals surface area (Å²) in [5.41, 5.74) is 0. The fraction of sp³-hybridized carbons (Fsp3) is 0. The fourth-order valence-electron chi connectivity index (χ4n) is 0. The van der Waals surface area contributed by atoms with Crippen molar-refractivity contribution in [3.8, 4) is 0 Å². The molecule has 0 atom stereocenters. The van der Waals surface area contributed by atoms with Gasteiger partial charge in [-0.05, 0) is 0 Å². The predicted octanol–water partition coefficient (Wildman–Crippen LogP) is 0.517. The van der Waals surface area contributed by atoms with Crippen LogP contribution in [0.4, 0.5) is 13.2 Å². The van der Waals surface area contributed by atoms with Crippen molar-refractivity contribution < 1.29 is 44.3 Å². The summed E-state index contributed by atoms with van der Waals surface area (Å²) in [6, 6.07) is 0. The molecule has 0 aromatic rings. The second-order valence-corrected chi connectivity index (χ2v) is 0.214. The maximum Gasteiger partial charge on any atom is 0.154 e. The largest absolute Gasteiger partial charge is 0.545 e. The normalized spacial score (nSPS) is 4.36. The molecule has 0 fully saturated rings. The van der Waals surface area contributed by atoms with Gasteiger partial charge in [-0.25, -0.2) is 0 Å². The first-order valence-corrected chi connectivity index (χ1v) is 1.27. The van der Waals surface area contributed by atoms with Crippen molar-refractivity contribution in [1.29, 1.82) is 0 Å². The summed E-state index contributed by atoms with van der Waals surface area (Å²) in [6.07, 6.45) is 0. The van der Waals surface area contributed by atoms with Gasteiger partial charge in [-0.1, -0.05) is 0 Å². The third-order valence-corrected chi connectivity index (χ3v) is 0. The SMILES string of the molecule is F[C-](F)F.[CH-]=O.[CH-]=O.[CH-]=O.[Co]. The first-order valence-electron chi connectivity index (χ1n) is 1.27. The van der Waals surface area contributed by atoms with Gasteiger partial charge < -0.3 is 27.6 Å². The van der Waals surface area contributed by atoms with Gasteiger partial charge in [0, 0.05) is 16.8 Å². The summed E-state index contributed by atoms with van der Waals surface area (Å²) in [5, 5.41) is 0. The minimum atomic E-state index is -3.08. The average molecular weight is 215 g/mol. The molecule has 3 nitrogen and oxygen atoms in total. The van der Waals surface area contributed by atoms with Gasteiger partial charge >= 0.3 is 0 Å². The van der Waals surface area contributed by atoms with E-state index in [-0.39, 0.29) is 16.8 Å². The van der Waals surface area contributed by atoms with Crippen molar-refractivity contribution in [2.24, 2.45) is 0 Å². The second kappa shape index (κ2) is 121. The molecule has 0 aliphatic heterocycles. The van der Waals surface area contributed by atoms with Crippen LogP contribution in [-0.2, 0) is 31.2 Å². The van der Waals surface area contributed by atoms with Crippen LogP contribution in [0.5, 0.6) is 0 Å². The Morgan fingerprint density at radius 2 is 0.727 bits per heavy atom. The van der Waals surface area contributed by atoms with Crippen molar-refractivity contribution >= 4 is 20.4 Å². The topological polar surface area (TPSA) is 51.2 Å². The minimum absolute atomic E-state index is 0. The molecule has 0 bridgehead atoms. The van der Waals surface area contributed by atoms with E-state index < -0.39 is 6.68 Å². The summed E-state index contributed by atoms with van der Waals surface area (Å²) >= 11 is 0. The first kappa shape index (κ1) is 31.7. The number of rotatable bonds is 0. The summed E-state index contributed by atoms with van der Waals surface area (Å²) in [7, 11) is 0. The van der Waals surface area contributed by atoms with Crippen molar-refractivity contribution in [1.82, 2.24) is 0 Å². The Balaban J connectivity index is -0.0000000152. The fourth-order valence-corrected chi connectivity index (χ4v) is 0. The van der Waals surface area contributed by atoms with Crippen molar-refractivity contribution in [3.63, 3.8) is 0 Å². The predicted molar refractivity (Wildman–Crippen MR) is 26.8 cm³/mol. The van der Waals surface area contributed by atoms with Crippen LogP contribution in [0.3, 0.4) is 0 Å². The third kappa shape index (κ3) is 1030. The van der Waals surface area contributed by atoms with Gasteiger partial charge in [0.2, 0.25) is 0 Å². The van der Waals surface area contributed by atoms with Crippen LogP contribution in [-0.4, -0.2) is 20.4 Å². The molecular weight excluding hydrogens is 212 g/mol. The Labute approximate surface area is 72.2 Å². The molecule has 0 aromatic carbocycles. The Kier molecular flexibility index (Phi) is 348. The summed E-state index contributed by atoms with van der Waals surface area (Å²) in [5.74, 6) is 0. The van der Waals surface area contributed by atoms with E-state index in [1.807, 2.05) is 0 Å². The van der Waals surface area contributed by atoms with E-state index in [0.29, 0.717) is 0 Å². The average Bonchev–Trinajstić information content (AvgIpc) is 1.98. The van der Waals surface area contributed by atoms with Crippen molar-refractivity contribution in [2.75, 3.05) is 0 Å². The summed E-state index contributed by atoms with van der Waals surface area (Å²) in [4.78, 5) is 23.2. The minimum Gasteiger partial charge on any atom is -0.545 e. The molecule has 11 heavy (non-hydrogen) atoms. The van der Waals surface area contributed by atoms with Gasteiger partial charge in [0.05, 0.1) is 0 Å². The molecule has 0 aliphatic rings. The molecule has 7 heteroatoms. The number of halogens is 3. The quantitative estimate of drug-likeness (QED) is 0.437. The van der Waals surface area contributed by atoms with E-state index in [1.165, 1.54) is 0 Å². The van der Waals surface area contributed by atoms with E-state index in [2.05, 4.69) is 20.4 Å². The zero-order valence-corrected chi connectivity index (χ0v) is 5.97. The van der Waals surface area contributed by atoms with Gasteiger partial charge in [-0.3, -0.25) is 20.4 Å². The van der Waals surface area contributed by atoms with Crippen molar-refractivity contribution in [2.45, 2.75) is 0 Å². The monoisotopic (exact) mass is 215 g/mol. The van der Waals surface area contributed by atoms with E-state index >= 15 is 0 Å². The molecule has 0 aromatic heterocycles. The van der Waals surface area contributed by atoms with Gasteiger partial charge in [-0.2, -0.15) is 0 Å². The Bertz CT molecular complexity index is 42.1. The maximum atomic E-state index is 9.58. The van der Waals surface area contributed by atoms with Crippen LogP contribution in [0.25, 0.3) is 0 Å². The Hall–Kier alpha value is -0.694. The molecular formula is C4H3CoF3O3-4. The molecule has 0 aliphatic carbocycles. The van der Waals surface area contributed by atoms with Crippen LogP contribution in [0.2, 0.25) is 0 Å². The van der Waals surface area contributed by atoms with Gasteiger partial charge in [-0.15, -0.1) is 0 Å². The van der Waals surface area contributed by atoms with Crippen molar-refractivity contribution in [3.05, 3.63) is 6.68 Å². The number of hydrogen-bond acceptors (Lipinski definition) is 3. The van der Waals surface area contributed by atoms with Crippen LogP contribution < -0.4 is 0 Å². The standard InChI is InChI=1S/CF3.3CHO.Co/c2-1(3)4;3*1-2;/h;3*1H;/q4*-1;. The van der Waals surface area contributed by atoms with Crippen LogP contribution in [0, 0.1) is 6.68 Å². The van der Waals surface area contributed by atoms with Gasteiger partial charge in [0.15, 0.2) is 6.68 Å². The van der Waals surface area contributed by atoms with Crippen LogP contribution >= 0.6 is 0 Å². The number of carbonyl (C=O) groups excluding carboxylic acids is 3. The van der Waals surface area contributed by atoms with E-state index in [0.717, 1.165) is 0 Å². The third-order valence-electron chi connectivity index (χ3n) is 0. The Morgan fingerprint density at radius 3 is 0.727 bits per heavy atom. The first-order chi connectivity index (χ1) is 4.73. The number of hydrogen-bond donors (Lipinski definition) is 0. The van der Waals surface area contributed by atoms with Crippen LogP contribution in [0.15, 0.2) is 0 Å². The maximum absolute atomic E-state index is 9.58. The molecule has 0 rings (SSSR count). The summed E-state index contributed by atoms with van der Waals surface area (Å²) in [6.45, 7) is 6.67. The Morgan fingerprint density at radius 1 is 0.727 bits per heavy atom. The molecule has 0 heterocycles. The summed E-state index contributed by atoms with van der Waals surface area (Å²) < 4.78 is 28.8. The van der Waals surface area contributed by atoms with E-state index in [4.69, 9.17) is 14.4 Å². The second-order valence-electron chi connectivity index (χ2n) is 0.214. The van der Waals surface area contributed by atoms with Gasteiger partial charge in [0.25, 0.3) is 0 Å². The molecule has 1 radical (unpaired) electrons. The molecule has 0 N–H and O–H groups in total. The molecule has 71 valence electrons. The zero-order valence-electron chi connectivity index (χ0n) is 4.92. The van der Waals surface area contributed by atoms with E-state index in [9.17, 15) is 13.2 Å². The molecule has 0 spiro atoms. The zero-order chi connectivity index (χ0) is 9.58. The van der Waals surface area contributed by atoms with E-state index in [1.54, 1.807) is 0 Å². The van der Waals surface area contributed by atoms with Crippen LogP contribution in [0.1, 0.15) is 0 Å². The molecule has 0 saturated heterocycles. The molecule has 0 saturated carbocycles. The van der Waals surface area contributed by atoms with Gasteiger partial charge in [0.1, 0.15) is 0 Å².